The maximum atomic E-state index is 12.7. The Morgan fingerprint density at radius 1 is 1.25 bits per heavy atom. The molecule has 0 atom stereocenters. The second-order valence-corrected chi connectivity index (χ2v) is 4.18. The number of nitrogens with one attached hydrogen (secondary N) is 1. The smallest absolute Gasteiger partial charge is 0.272 e. The minimum atomic E-state index is -0.430. The summed E-state index contributed by atoms with van der Waals surface area (Å²) in [4.78, 5) is 10.4. The number of benzene rings is 2. The highest BCUT2D eigenvalue weighted by Gasteiger charge is 2.09. The third kappa shape index (κ3) is 3.38. The number of hydrogen-bond acceptors (Lipinski definition) is 4. The maximum absolute atomic E-state index is 12.7. The SMILES string of the molecule is Cc1ccc(/C=N\Nc2ccc(F)cc2)cc1[N+](=O)[O-]. The number of nitrogens with zero attached hydrogens (tertiary/aromatic N) is 2. The number of halogens is 1. The van der Waals surface area contributed by atoms with Crippen molar-refractivity contribution in [1.29, 1.82) is 0 Å². The van der Waals surface area contributed by atoms with Crippen molar-refractivity contribution in [2.45, 2.75) is 6.92 Å². The summed E-state index contributed by atoms with van der Waals surface area (Å²) in [5, 5.41) is 14.8. The third-order valence-corrected chi connectivity index (χ3v) is 2.68. The summed E-state index contributed by atoms with van der Waals surface area (Å²) in [7, 11) is 0. The molecule has 2 aromatic carbocycles. The number of hydrazone groups is 1. The van der Waals surface area contributed by atoms with Gasteiger partial charge >= 0.3 is 0 Å². The first-order chi connectivity index (χ1) is 9.56. The Labute approximate surface area is 114 Å². The number of anilines is 1. The van der Waals surface area contributed by atoms with Crippen LogP contribution in [-0.2, 0) is 0 Å². The van der Waals surface area contributed by atoms with Gasteiger partial charge in [0.2, 0.25) is 0 Å². The van der Waals surface area contributed by atoms with E-state index in [9.17, 15) is 14.5 Å². The Kier molecular flexibility index (Phi) is 4.05. The summed E-state index contributed by atoms with van der Waals surface area (Å²) in [6.45, 7) is 1.68. The van der Waals surface area contributed by atoms with Gasteiger partial charge in [0.15, 0.2) is 0 Å². The summed E-state index contributed by atoms with van der Waals surface area (Å²) in [6.07, 6.45) is 1.47. The average molecular weight is 273 g/mol. The first-order valence-corrected chi connectivity index (χ1v) is 5.86. The van der Waals surface area contributed by atoms with E-state index in [-0.39, 0.29) is 11.5 Å². The van der Waals surface area contributed by atoms with Gasteiger partial charge in [0.25, 0.3) is 5.69 Å². The van der Waals surface area contributed by atoms with Crippen LogP contribution in [0.2, 0.25) is 0 Å². The van der Waals surface area contributed by atoms with E-state index in [2.05, 4.69) is 10.5 Å². The summed E-state index contributed by atoms with van der Waals surface area (Å²) < 4.78 is 12.7. The van der Waals surface area contributed by atoms with Gasteiger partial charge in [-0.2, -0.15) is 5.10 Å². The number of nitro groups is 1. The molecule has 1 N–H and O–H groups in total. The summed E-state index contributed by atoms with van der Waals surface area (Å²) in [5.74, 6) is -0.325. The van der Waals surface area contributed by atoms with Crippen molar-refractivity contribution >= 4 is 17.6 Å². The van der Waals surface area contributed by atoms with Gasteiger partial charge in [-0.1, -0.05) is 12.1 Å². The van der Waals surface area contributed by atoms with Gasteiger partial charge in [-0.3, -0.25) is 15.5 Å². The average Bonchev–Trinajstić information content (AvgIpc) is 2.42. The van der Waals surface area contributed by atoms with Crippen LogP contribution in [0.25, 0.3) is 0 Å². The zero-order chi connectivity index (χ0) is 14.5. The third-order valence-electron chi connectivity index (χ3n) is 2.68. The molecular formula is C14H12FN3O2. The van der Waals surface area contributed by atoms with Gasteiger partial charge in [0, 0.05) is 17.2 Å². The van der Waals surface area contributed by atoms with Crippen LogP contribution in [0.1, 0.15) is 11.1 Å². The lowest BCUT2D eigenvalue weighted by Gasteiger charge is -2.00. The fourth-order valence-corrected chi connectivity index (χ4v) is 1.61. The van der Waals surface area contributed by atoms with E-state index < -0.39 is 4.92 Å². The predicted molar refractivity (Wildman–Crippen MR) is 75.5 cm³/mol. The number of aryl methyl sites for hydroxylation is 1. The second-order valence-electron chi connectivity index (χ2n) is 4.18. The van der Waals surface area contributed by atoms with Crippen molar-refractivity contribution < 1.29 is 9.31 Å². The van der Waals surface area contributed by atoms with E-state index in [1.54, 1.807) is 31.2 Å². The molecule has 0 aromatic heterocycles. The van der Waals surface area contributed by atoms with Gasteiger partial charge in [-0.25, -0.2) is 4.39 Å². The molecule has 6 heteroatoms. The van der Waals surface area contributed by atoms with Crippen LogP contribution in [0, 0.1) is 22.9 Å². The van der Waals surface area contributed by atoms with Crippen LogP contribution in [0.4, 0.5) is 15.8 Å². The first-order valence-electron chi connectivity index (χ1n) is 5.86. The Morgan fingerprint density at radius 3 is 2.60 bits per heavy atom. The zero-order valence-electron chi connectivity index (χ0n) is 10.7. The van der Waals surface area contributed by atoms with E-state index in [1.165, 1.54) is 24.4 Å². The van der Waals surface area contributed by atoms with E-state index >= 15 is 0 Å². The monoisotopic (exact) mass is 273 g/mol. The van der Waals surface area contributed by atoms with Crippen LogP contribution < -0.4 is 5.43 Å². The Bertz CT molecular complexity index is 654. The lowest BCUT2D eigenvalue weighted by Crippen LogP contribution is -1.95. The van der Waals surface area contributed by atoms with Crippen molar-refractivity contribution in [1.82, 2.24) is 0 Å². The normalized spacial score (nSPS) is 10.7. The van der Waals surface area contributed by atoms with Crippen LogP contribution in [0.5, 0.6) is 0 Å². The van der Waals surface area contributed by atoms with Crippen LogP contribution in [0.15, 0.2) is 47.6 Å². The molecule has 5 nitrogen and oxygen atoms in total. The van der Waals surface area contributed by atoms with E-state index in [0.717, 1.165) is 0 Å². The molecule has 102 valence electrons. The zero-order valence-corrected chi connectivity index (χ0v) is 10.7. The van der Waals surface area contributed by atoms with E-state index in [1.807, 2.05) is 0 Å². The van der Waals surface area contributed by atoms with Crippen molar-refractivity contribution in [2.24, 2.45) is 5.10 Å². The quantitative estimate of drug-likeness (QED) is 0.526. The van der Waals surface area contributed by atoms with Gasteiger partial charge in [0.1, 0.15) is 5.82 Å². The first kappa shape index (κ1) is 13.7. The van der Waals surface area contributed by atoms with Crippen LogP contribution >= 0.6 is 0 Å². The highest BCUT2D eigenvalue weighted by molar-refractivity contribution is 5.81. The molecule has 0 amide bonds. The highest BCUT2D eigenvalue weighted by Crippen LogP contribution is 2.18. The molecule has 0 fully saturated rings. The standard InChI is InChI=1S/C14H12FN3O2/c1-10-2-3-11(8-14(10)18(19)20)9-16-17-13-6-4-12(15)5-7-13/h2-9,17H,1H3/b16-9-. The fourth-order valence-electron chi connectivity index (χ4n) is 1.61. The van der Waals surface area contributed by atoms with Crippen LogP contribution in [0.3, 0.4) is 0 Å². The van der Waals surface area contributed by atoms with Gasteiger partial charge in [-0.05, 0) is 31.2 Å². The molecule has 0 aliphatic heterocycles. The molecule has 0 unspecified atom stereocenters. The Hall–Kier alpha value is -2.76. The molecule has 20 heavy (non-hydrogen) atoms. The van der Waals surface area contributed by atoms with E-state index in [0.29, 0.717) is 16.8 Å². The largest absolute Gasteiger partial charge is 0.279 e. The Morgan fingerprint density at radius 2 is 1.95 bits per heavy atom. The number of rotatable bonds is 4. The molecule has 0 bridgehead atoms. The van der Waals surface area contributed by atoms with E-state index in [4.69, 9.17) is 0 Å². The lowest BCUT2D eigenvalue weighted by molar-refractivity contribution is -0.385. The summed E-state index contributed by atoms with van der Waals surface area (Å²) >= 11 is 0. The number of nitro benzene ring substituents is 1. The maximum Gasteiger partial charge on any atom is 0.272 e. The molecule has 0 aliphatic rings. The lowest BCUT2D eigenvalue weighted by atomic mass is 10.1. The molecule has 0 spiro atoms. The second kappa shape index (κ2) is 5.92. The minimum absolute atomic E-state index is 0.0516. The fraction of sp³-hybridized carbons (Fsp3) is 0.0714. The highest BCUT2D eigenvalue weighted by atomic mass is 19.1. The molecule has 0 saturated heterocycles. The van der Waals surface area contributed by atoms with Gasteiger partial charge < -0.3 is 0 Å². The molecule has 0 saturated carbocycles. The van der Waals surface area contributed by atoms with Crippen molar-refractivity contribution in [3.05, 3.63) is 69.5 Å². The topological polar surface area (TPSA) is 67.5 Å². The van der Waals surface area contributed by atoms with Crippen molar-refractivity contribution in [2.75, 3.05) is 5.43 Å². The minimum Gasteiger partial charge on any atom is -0.279 e. The summed E-state index contributed by atoms with van der Waals surface area (Å²) in [6, 6.07) is 10.6. The van der Waals surface area contributed by atoms with Gasteiger partial charge in [-0.15, -0.1) is 0 Å². The van der Waals surface area contributed by atoms with Gasteiger partial charge in [0.05, 0.1) is 16.8 Å². The molecule has 2 aromatic rings. The molecular weight excluding hydrogens is 261 g/mol. The molecule has 0 heterocycles. The number of hydrogen-bond donors (Lipinski definition) is 1. The Balaban J connectivity index is 2.10. The molecule has 0 aliphatic carbocycles. The van der Waals surface area contributed by atoms with Crippen molar-refractivity contribution in [3.63, 3.8) is 0 Å². The molecule has 2 rings (SSSR count). The van der Waals surface area contributed by atoms with Crippen molar-refractivity contribution in [3.8, 4) is 0 Å². The molecule has 0 radical (unpaired) electrons. The van der Waals surface area contributed by atoms with Crippen LogP contribution in [-0.4, -0.2) is 11.1 Å². The predicted octanol–water partition coefficient (Wildman–Crippen LogP) is 3.49. The summed E-state index contributed by atoms with van der Waals surface area (Å²) in [5.41, 5.74) is 4.60.